The topological polar surface area (TPSA) is 87.7 Å². The van der Waals surface area contributed by atoms with Crippen LogP contribution in [0.3, 0.4) is 0 Å². The molecule has 8 nitrogen and oxygen atoms in total. The number of nitrogens with zero attached hydrogens (tertiary/aromatic N) is 4. The molecule has 0 unspecified atom stereocenters. The molecule has 2 aromatic heterocycles. The Hall–Kier alpha value is -2.59. The van der Waals surface area contributed by atoms with E-state index in [2.05, 4.69) is 15.4 Å². The minimum atomic E-state index is -0.183. The van der Waals surface area contributed by atoms with Crippen LogP contribution in [0.15, 0.2) is 42.6 Å². The summed E-state index contributed by atoms with van der Waals surface area (Å²) in [6, 6.07) is 11.0. The fourth-order valence-electron chi connectivity index (χ4n) is 2.38. The molecule has 10 heteroatoms. The Balaban J connectivity index is 1.56. The van der Waals surface area contributed by atoms with Crippen LogP contribution in [0.1, 0.15) is 12.5 Å². The number of hydrogen-bond acceptors (Lipinski definition) is 7. The predicted octanol–water partition coefficient (Wildman–Crippen LogP) is 2.79. The number of rotatable bonds is 9. The number of fused-ring (bicyclic) bond motifs is 1. The zero-order valence-electron chi connectivity index (χ0n) is 15.0. The molecule has 2 heterocycles. The molecule has 0 atom stereocenters. The second-order valence-corrected chi connectivity index (χ2v) is 7.05. The van der Waals surface area contributed by atoms with Gasteiger partial charge in [-0.05, 0) is 23.8 Å². The van der Waals surface area contributed by atoms with Crippen LogP contribution < -0.4 is 10.5 Å². The van der Waals surface area contributed by atoms with Crippen molar-refractivity contribution in [2.75, 3.05) is 18.2 Å². The van der Waals surface area contributed by atoms with Gasteiger partial charge in [-0.1, -0.05) is 41.1 Å². The Morgan fingerprint density at radius 2 is 2.14 bits per heavy atom. The molecule has 0 saturated carbocycles. The van der Waals surface area contributed by atoms with E-state index in [1.54, 1.807) is 24.4 Å². The lowest BCUT2D eigenvalue weighted by Gasteiger charge is -2.23. The molecule has 146 valence electrons. The summed E-state index contributed by atoms with van der Waals surface area (Å²) in [5.74, 6) is -0.183. The lowest BCUT2D eigenvalue weighted by molar-refractivity contribution is -0.133. The maximum atomic E-state index is 11.9. The molecule has 3 aromatic rings. The number of benzene rings is 1. The first-order valence-electron chi connectivity index (χ1n) is 8.42. The van der Waals surface area contributed by atoms with Gasteiger partial charge in [0.15, 0.2) is 0 Å². The van der Waals surface area contributed by atoms with E-state index in [1.807, 2.05) is 18.2 Å². The van der Waals surface area contributed by atoms with E-state index in [-0.39, 0.29) is 19.1 Å². The highest BCUT2D eigenvalue weighted by molar-refractivity contribution is 7.21. The number of hydrazine groups is 1. The molecule has 1 aromatic carbocycles. The Kier molecular flexibility index (Phi) is 6.88. The van der Waals surface area contributed by atoms with Gasteiger partial charge >= 0.3 is 0 Å². The van der Waals surface area contributed by atoms with Gasteiger partial charge < -0.3 is 0 Å². The molecule has 0 fully saturated rings. The summed E-state index contributed by atoms with van der Waals surface area (Å²) in [7, 11) is 0. The average Bonchev–Trinajstić information content (AvgIpc) is 3.12. The number of hydroxylamine groups is 1. The van der Waals surface area contributed by atoms with Crippen LogP contribution in [0.5, 0.6) is 0 Å². The molecule has 0 aliphatic rings. The predicted molar refractivity (Wildman–Crippen MR) is 108 cm³/mol. The number of carbonyl (C=O) groups is 2. The highest BCUT2D eigenvalue weighted by Crippen LogP contribution is 2.26. The van der Waals surface area contributed by atoms with Crippen molar-refractivity contribution in [1.29, 1.82) is 0 Å². The first kappa shape index (κ1) is 20.2. The minimum absolute atomic E-state index is 0.0944. The van der Waals surface area contributed by atoms with Gasteiger partial charge in [-0.3, -0.25) is 19.4 Å². The molecule has 0 bridgehead atoms. The monoisotopic (exact) mass is 419 g/mol. The van der Waals surface area contributed by atoms with Crippen molar-refractivity contribution in [3.63, 3.8) is 0 Å². The molecule has 0 aliphatic heterocycles. The third kappa shape index (κ3) is 5.02. The van der Waals surface area contributed by atoms with E-state index in [1.165, 1.54) is 23.3 Å². The van der Waals surface area contributed by atoms with Crippen LogP contribution in [0.2, 0.25) is 5.02 Å². The normalized spacial score (nSPS) is 10.8. The number of anilines is 1. The molecule has 3 rings (SSSR count). The molecular formula is C18H18ClN5O3S. The number of thiazole rings is 1. The lowest BCUT2D eigenvalue weighted by Crippen LogP contribution is -2.44. The van der Waals surface area contributed by atoms with Crippen molar-refractivity contribution >= 4 is 50.7 Å². The van der Waals surface area contributed by atoms with Crippen LogP contribution >= 0.6 is 22.9 Å². The van der Waals surface area contributed by atoms with Crippen molar-refractivity contribution in [2.45, 2.75) is 13.5 Å². The molecule has 0 saturated heterocycles. The molecule has 28 heavy (non-hydrogen) atoms. The minimum Gasteiger partial charge on any atom is -0.276 e. The standard InChI is InChI=1S/C18H18ClN5O3S/c1-13(26)23(21-11-14-5-2-3-6-15(14)19)9-10-27-24(12-25)18-22-16-7-4-8-20-17(16)28-18/h2-8,12,21H,9-11H2,1H3. The van der Waals surface area contributed by atoms with Crippen molar-refractivity contribution in [1.82, 2.24) is 20.4 Å². The summed E-state index contributed by atoms with van der Waals surface area (Å²) in [4.78, 5) is 37.9. The summed E-state index contributed by atoms with van der Waals surface area (Å²) in [6.45, 7) is 2.15. The van der Waals surface area contributed by atoms with Gasteiger partial charge in [0.25, 0.3) is 0 Å². The van der Waals surface area contributed by atoms with Crippen LogP contribution in [-0.4, -0.2) is 40.4 Å². The maximum Gasteiger partial charge on any atom is 0.240 e. The van der Waals surface area contributed by atoms with Crippen molar-refractivity contribution < 1.29 is 14.4 Å². The van der Waals surface area contributed by atoms with Gasteiger partial charge in [-0.2, -0.15) is 5.06 Å². The van der Waals surface area contributed by atoms with Crippen LogP contribution in [0.4, 0.5) is 5.13 Å². The summed E-state index contributed by atoms with van der Waals surface area (Å²) in [6.07, 6.45) is 2.19. The first-order chi connectivity index (χ1) is 13.6. The average molecular weight is 420 g/mol. The van der Waals surface area contributed by atoms with E-state index in [4.69, 9.17) is 16.4 Å². The van der Waals surface area contributed by atoms with E-state index in [0.29, 0.717) is 33.5 Å². The number of hydrogen-bond donors (Lipinski definition) is 1. The first-order valence-corrected chi connectivity index (χ1v) is 9.62. The summed E-state index contributed by atoms with van der Waals surface area (Å²) in [5.41, 5.74) is 4.57. The molecular weight excluding hydrogens is 402 g/mol. The smallest absolute Gasteiger partial charge is 0.240 e. The lowest BCUT2D eigenvalue weighted by atomic mass is 10.2. The van der Waals surface area contributed by atoms with Gasteiger partial charge in [-0.25, -0.2) is 15.4 Å². The second kappa shape index (κ2) is 9.56. The zero-order chi connectivity index (χ0) is 19.9. The van der Waals surface area contributed by atoms with Crippen LogP contribution in [0, 0.1) is 0 Å². The third-order valence-electron chi connectivity index (χ3n) is 3.78. The summed E-state index contributed by atoms with van der Waals surface area (Å²) >= 11 is 7.37. The van der Waals surface area contributed by atoms with E-state index >= 15 is 0 Å². The summed E-state index contributed by atoms with van der Waals surface area (Å²) < 4.78 is 0. The van der Waals surface area contributed by atoms with E-state index in [0.717, 1.165) is 10.6 Å². The Labute approximate surface area is 170 Å². The van der Waals surface area contributed by atoms with Crippen molar-refractivity contribution in [3.8, 4) is 0 Å². The Morgan fingerprint density at radius 1 is 1.32 bits per heavy atom. The van der Waals surface area contributed by atoms with E-state index < -0.39 is 0 Å². The maximum absolute atomic E-state index is 11.9. The quantitative estimate of drug-likeness (QED) is 0.424. The SMILES string of the molecule is CC(=O)N(CCON(C=O)c1nc2cccnc2s1)NCc1ccccc1Cl. The van der Waals surface area contributed by atoms with Gasteiger partial charge in [0.05, 0.1) is 13.2 Å². The zero-order valence-corrected chi connectivity index (χ0v) is 16.6. The Morgan fingerprint density at radius 3 is 2.86 bits per heavy atom. The molecule has 2 amide bonds. The second-order valence-electron chi connectivity index (χ2n) is 5.69. The van der Waals surface area contributed by atoms with Crippen LogP contribution in [-0.2, 0) is 21.0 Å². The van der Waals surface area contributed by atoms with Gasteiger partial charge in [0.2, 0.25) is 17.4 Å². The Bertz CT molecular complexity index is 934. The fraction of sp³-hybridized carbons (Fsp3) is 0.222. The fourth-order valence-corrected chi connectivity index (χ4v) is 3.42. The molecule has 0 radical (unpaired) electrons. The van der Waals surface area contributed by atoms with Gasteiger partial charge in [0, 0.05) is 24.7 Å². The molecule has 0 aliphatic carbocycles. The largest absolute Gasteiger partial charge is 0.276 e. The van der Waals surface area contributed by atoms with Crippen molar-refractivity contribution in [2.24, 2.45) is 0 Å². The highest BCUT2D eigenvalue weighted by atomic mass is 35.5. The number of amides is 2. The van der Waals surface area contributed by atoms with Crippen molar-refractivity contribution in [3.05, 3.63) is 53.2 Å². The van der Waals surface area contributed by atoms with Gasteiger partial charge in [-0.15, -0.1) is 0 Å². The van der Waals surface area contributed by atoms with Gasteiger partial charge in [0.1, 0.15) is 10.3 Å². The van der Waals surface area contributed by atoms with E-state index in [9.17, 15) is 9.59 Å². The van der Waals surface area contributed by atoms with Crippen LogP contribution in [0.25, 0.3) is 10.3 Å². The molecule has 1 N–H and O–H groups in total. The highest BCUT2D eigenvalue weighted by Gasteiger charge is 2.15. The summed E-state index contributed by atoms with van der Waals surface area (Å²) in [5, 5.41) is 3.44. The number of aromatic nitrogens is 2. The molecule has 0 spiro atoms. The number of nitrogens with one attached hydrogen (secondary N) is 1. The number of halogens is 1. The third-order valence-corrected chi connectivity index (χ3v) is 5.11. The number of pyridine rings is 1. The number of carbonyl (C=O) groups excluding carboxylic acids is 2.